The Balaban J connectivity index is 4.32. The van der Waals surface area contributed by atoms with Crippen LogP contribution in [0.25, 0.3) is 0 Å². The van der Waals surface area contributed by atoms with Gasteiger partial charge in [0.05, 0.1) is 12.8 Å². The van der Waals surface area contributed by atoms with Gasteiger partial charge in [0.25, 0.3) is 0 Å². The summed E-state index contributed by atoms with van der Waals surface area (Å²) in [5.74, 6) is 0. The molecule has 0 rings (SSSR count). The number of isocyanates is 1. The summed E-state index contributed by atoms with van der Waals surface area (Å²) in [6, 6.07) is 0. The quantitative estimate of drug-likeness (QED) is 0.350. The van der Waals surface area contributed by atoms with E-state index < -0.39 is 8.56 Å². The first-order chi connectivity index (χ1) is 6.74. The average molecular weight is 217 g/mol. The summed E-state index contributed by atoms with van der Waals surface area (Å²) in [6.07, 6.45) is 3.56. The fraction of sp³-hybridized carbons (Fsp3) is 0.625. The van der Waals surface area contributed by atoms with E-state index in [0.29, 0.717) is 6.23 Å². The minimum Gasteiger partial charge on any atom is -0.393 e. The maximum Gasteiger partial charge on any atom is 0.390 e. The fourth-order valence-corrected chi connectivity index (χ4v) is 2.55. The van der Waals surface area contributed by atoms with Crippen LogP contribution in [0.2, 0.25) is 0 Å². The van der Waals surface area contributed by atoms with Gasteiger partial charge in [-0.1, -0.05) is 6.08 Å². The molecule has 0 aliphatic rings. The topological polar surface area (TPSA) is 57.1 Å². The molecule has 0 aliphatic heterocycles. The lowest BCUT2D eigenvalue weighted by Crippen LogP contribution is -2.43. The van der Waals surface area contributed by atoms with Gasteiger partial charge in [-0.25, -0.2) is 9.79 Å². The standard InChI is InChI=1S/C8H15NO4Si/c1-11-8-14(12-2,13-3)6-4-5-9-7-10/h4,6H,5,8H2,1-3H3. The highest BCUT2D eigenvalue weighted by Gasteiger charge is 2.32. The van der Waals surface area contributed by atoms with Crippen LogP contribution in [0, 0.1) is 0 Å². The van der Waals surface area contributed by atoms with Crippen LogP contribution in [-0.4, -0.2) is 48.7 Å². The molecule has 0 atom stereocenters. The van der Waals surface area contributed by atoms with Crippen molar-refractivity contribution in [3.05, 3.63) is 11.8 Å². The average Bonchev–Trinajstić information content (AvgIpc) is 2.23. The first-order valence-electron chi connectivity index (χ1n) is 4.05. The van der Waals surface area contributed by atoms with E-state index in [0.717, 1.165) is 0 Å². The van der Waals surface area contributed by atoms with Crippen LogP contribution in [0.4, 0.5) is 0 Å². The third-order valence-corrected chi connectivity index (χ3v) is 4.49. The normalized spacial score (nSPS) is 11.6. The molecule has 0 aromatic carbocycles. The predicted molar refractivity (Wildman–Crippen MR) is 53.8 cm³/mol. The Hall–Kier alpha value is -0.783. The zero-order chi connectivity index (χ0) is 10.9. The molecule has 0 saturated heterocycles. The Morgan fingerprint density at radius 1 is 1.36 bits per heavy atom. The maximum atomic E-state index is 9.79. The van der Waals surface area contributed by atoms with Crippen molar-refractivity contribution in [1.82, 2.24) is 0 Å². The first kappa shape index (κ1) is 13.2. The van der Waals surface area contributed by atoms with E-state index >= 15 is 0 Å². The molecule has 14 heavy (non-hydrogen) atoms. The lowest BCUT2D eigenvalue weighted by molar-refractivity contribution is 0.172. The van der Waals surface area contributed by atoms with Crippen LogP contribution >= 0.6 is 0 Å². The molecular formula is C8H15NO4Si. The van der Waals surface area contributed by atoms with Gasteiger partial charge in [0.2, 0.25) is 6.08 Å². The van der Waals surface area contributed by atoms with Gasteiger partial charge in [-0.2, -0.15) is 0 Å². The molecule has 0 radical (unpaired) electrons. The summed E-state index contributed by atoms with van der Waals surface area (Å²) in [5, 5.41) is 0. The molecule has 0 aromatic heterocycles. The largest absolute Gasteiger partial charge is 0.393 e. The number of aliphatic imine (C=N–C) groups is 1. The van der Waals surface area contributed by atoms with Gasteiger partial charge in [0, 0.05) is 21.3 Å². The van der Waals surface area contributed by atoms with Crippen LogP contribution in [0.3, 0.4) is 0 Å². The lowest BCUT2D eigenvalue weighted by Gasteiger charge is -2.22. The zero-order valence-electron chi connectivity index (χ0n) is 8.65. The molecule has 5 nitrogen and oxygen atoms in total. The Bertz CT molecular complexity index is 221. The molecule has 6 heteroatoms. The van der Waals surface area contributed by atoms with Crippen molar-refractivity contribution in [2.75, 3.05) is 34.1 Å². The van der Waals surface area contributed by atoms with Crippen molar-refractivity contribution < 1.29 is 18.4 Å². The Morgan fingerprint density at radius 3 is 2.43 bits per heavy atom. The van der Waals surface area contributed by atoms with Gasteiger partial charge in [0.15, 0.2) is 0 Å². The number of carbonyl (C=O) groups excluding carboxylic acids is 1. The molecule has 0 fully saturated rings. The van der Waals surface area contributed by atoms with E-state index in [9.17, 15) is 4.79 Å². The van der Waals surface area contributed by atoms with E-state index in [1.807, 2.05) is 0 Å². The molecule has 0 heterocycles. The van der Waals surface area contributed by atoms with E-state index in [2.05, 4.69) is 4.99 Å². The highest BCUT2D eigenvalue weighted by atomic mass is 28.4. The Kier molecular flexibility index (Phi) is 7.18. The molecule has 0 N–H and O–H groups in total. The van der Waals surface area contributed by atoms with Crippen molar-refractivity contribution in [2.45, 2.75) is 0 Å². The summed E-state index contributed by atoms with van der Waals surface area (Å²) in [7, 11) is 2.34. The van der Waals surface area contributed by atoms with Crippen molar-refractivity contribution in [3.63, 3.8) is 0 Å². The van der Waals surface area contributed by atoms with Crippen LogP contribution in [0.15, 0.2) is 16.8 Å². The highest BCUT2D eigenvalue weighted by molar-refractivity contribution is 6.72. The van der Waals surface area contributed by atoms with Gasteiger partial charge >= 0.3 is 8.56 Å². The third kappa shape index (κ3) is 4.45. The highest BCUT2D eigenvalue weighted by Crippen LogP contribution is 2.07. The summed E-state index contributed by atoms with van der Waals surface area (Å²) < 4.78 is 15.5. The van der Waals surface area contributed by atoms with Crippen LogP contribution < -0.4 is 0 Å². The molecule has 0 spiro atoms. The Morgan fingerprint density at radius 2 is 2.00 bits per heavy atom. The monoisotopic (exact) mass is 217 g/mol. The van der Waals surface area contributed by atoms with Gasteiger partial charge < -0.3 is 13.6 Å². The van der Waals surface area contributed by atoms with E-state index in [-0.39, 0.29) is 6.54 Å². The molecule has 0 unspecified atom stereocenters. The van der Waals surface area contributed by atoms with Crippen molar-refractivity contribution in [1.29, 1.82) is 0 Å². The molecular weight excluding hydrogens is 202 g/mol. The molecule has 0 amide bonds. The summed E-state index contributed by atoms with van der Waals surface area (Å²) in [6.45, 7) is 0.286. The molecule has 0 aromatic rings. The van der Waals surface area contributed by atoms with Crippen molar-refractivity contribution in [2.24, 2.45) is 4.99 Å². The minimum absolute atomic E-state index is 0.286. The van der Waals surface area contributed by atoms with E-state index in [1.54, 1.807) is 33.1 Å². The van der Waals surface area contributed by atoms with E-state index in [4.69, 9.17) is 13.6 Å². The number of ether oxygens (including phenoxy) is 1. The van der Waals surface area contributed by atoms with Crippen molar-refractivity contribution in [3.8, 4) is 0 Å². The third-order valence-electron chi connectivity index (χ3n) is 1.67. The van der Waals surface area contributed by atoms with Gasteiger partial charge in [-0.15, -0.1) is 0 Å². The molecule has 0 bridgehead atoms. The second-order valence-corrected chi connectivity index (χ2v) is 5.55. The first-order valence-corrected chi connectivity index (χ1v) is 6.15. The summed E-state index contributed by atoms with van der Waals surface area (Å²) in [4.78, 5) is 13.2. The smallest absolute Gasteiger partial charge is 0.390 e. The maximum absolute atomic E-state index is 9.79. The van der Waals surface area contributed by atoms with E-state index in [1.165, 1.54) is 6.08 Å². The number of hydrogen-bond donors (Lipinski definition) is 0. The SMILES string of the molecule is COC[Si](C=CCN=C=O)(OC)OC. The number of hydrogen-bond acceptors (Lipinski definition) is 5. The molecule has 0 aliphatic carbocycles. The molecule has 0 saturated carbocycles. The van der Waals surface area contributed by atoms with Crippen LogP contribution in [-0.2, 0) is 18.4 Å². The number of nitrogens with zero attached hydrogens (tertiary/aromatic N) is 1. The second-order valence-electron chi connectivity index (χ2n) is 2.49. The van der Waals surface area contributed by atoms with Gasteiger partial charge in [-0.05, 0) is 5.70 Å². The number of methoxy groups -OCH3 is 1. The van der Waals surface area contributed by atoms with Gasteiger partial charge in [0.1, 0.15) is 0 Å². The van der Waals surface area contributed by atoms with Crippen LogP contribution in [0.1, 0.15) is 0 Å². The second kappa shape index (κ2) is 7.60. The predicted octanol–water partition coefficient (Wildman–Crippen LogP) is 0.338. The zero-order valence-corrected chi connectivity index (χ0v) is 9.65. The molecule has 80 valence electrons. The number of rotatable bonds is 7. The van der Waals surface area contributed by atoms with Gasteiger partial charge in [-0.3, -0.25) is 0 Å². The Labute approximate surface area is 84.6 Å². The van der Waals surface area contributed by atoms with Crippen molar-refractivity contribution >= 4 is 14.6 Å². The fourth-order valence-electron chi connectivity index (χ4n) is 0.909. The summed E-state index contributed by atoms with van der Waals surface area (Å²) >= 11 is 0. The van der Waals surface area contributed by atoms with Crippen LogP contribution in [0.5, 0.6) is 0 Å². The lowest BCUT2D eigenvalue weighted by atomic mass is 10.7. The minimum atomic E-state index is -2.39. The summed E-state index contributed by atoms with van der Waals surface area (Å²) in [5.41, 5.74) is 1.79.